The van der Waals surface area contributed by atoms with E-state index in [1.807, 2.05) is 43.6 Å². The first kappa shape index (κ1) is 18.9. The molecule has 4 N–H and O–H groups in total. The van der Waals surface area contributed by atoms with Crippen LogP contribution in [0.15, 0.2) is 55.0 Å². The van der Waals surface area contributed by atoms with Gasteiger partial charge in [-0.2, -0.15) is 5.10 Å². The smallest absolute Gasteiger partial charge is 0.255 e. The quantitative estimate of drug-likeness (QED) is 0.588. The van der Waals surface area contributed by atoms with Crippen LogP contribution in [0.3, 0.4) is 0 Å². The molecule has 1 aliphatic heterocycles. The van der Waals surface area contributed by atoms with Crippen molar-refractivity contribution < 1.29 is 9.53 Å². The summed E-state index contributed by atoms with van der Waals surface area (Å²) in [5.41, 5.74) is 8.02. The van der Waals surface area contributed by atoms with Gasteiger partial charge in [-0.3, -0.25) is 9.48 Å². The van der Waals surface area contributed by atoms with Crippen LogP contribution in [0.2, 0.25) is 0 Å². The summed E-state index contributed by atoms with van der Waals surface area (Å²) < 4.78 is 7.50. The summed E-state index contributed by atoms with van der Waals surface area (Å²) in [6, 6.07) is 11.6. The Morgan fingerprint density at radius 1 is 1.31 bits per heavy atom. The molecule has 0 unspecified atom stereocenters. The van der Waals surface area contributed by atoms with E-state index in [4.69, 9.17) is 10.5 Å². The maximum Gasteiger partial charge on any atom is 0.255 e. The summed E-state index contributed by atoms with van der Waals surface area (Å²) in [6.45, 7) is 1.24. The standard InChI is InChI=1S/C21H24N6O2/c1-27-12-15(10-25-27)14-7-19(20(22)24-9-14)21(28)26-16-8-17(23-11-16)13-29-18-5-3-2-4-6-18/h2-7,9-10,12,16-17,23H,8,11,13H2,1H3,(H2,22,24)(H,26,28)/t16-,17-/m1/s1. The number of anilines is 1. The zero-order valence-electron chi connectivity index (χ0n) is 16.2. The SMILES string of the molecule is Cn1cc(-c2cnc(N)c(C(=O)N[C@H]3CN[C@@H](COc4ccccc4)C3)c2)cn1. The maximum atomic E-state index is 12.8. The third-order valence-corrected chi connectivity index (χ3v) is 4.95. The predicted octanol–water partition coefficient (Wildman–Crippen LogP) is 1.60. The van der Waals surface area contributed by atoms with Crippen molar-refractivity contribution in [1.29, 1.82) is 0 Å². The third-order valence-electron chi connectivity index (χ3n) is 4.95. The number of rotatable bonds is 6. The van der Waals surface area contributed by atoms with Gasteiger partial charge in [0, 0.05) is 49.2 Å². The van der Waals surface area contributed by atoms with Gasteiger partial charge in [-0.1, -0.05) is 18.2 Å². The number of ether oxygens (including phenoxy) is 1. The lowest BCUT2D eigenvalue weighted by Crippen LogP contribution is -2.36. The second-order valence-corrected chi connectivity index (χ2v) is 7.19. The number of aryl methyl sites for hydroxylation is 1. The molecule has 3 heterocycles. The Balaban J connectivity index is 1.36. The summed E-state index contributed by atoms with van der Waals surface area (Å²) in [7, 11) is 1.84. The van der Waals surface area contributed by atoms with Crippen molar-refractivity contribution in [2.75, 3.05) is 18.9 Å². The molecular formula is C21H24N6O2. The molecule has 2 aromatic heterocycles. The molecule has 1 aliphatic rings. The van der Waals surface area contributed by atoms with Gasteiger partial charge in [0.15, 0.2) is 0 Å². The Morgan fingerprint density at radius 3 is 2.90 bits per heavy atom. The van der Waals surface area contributed by atoms with E-state index in [9.17, 15) is 4.79 Å². The number of hydrogen-bond acceptors (Lipinski definition) is 6. The second-order valence-electron chi connectivity index (χ2n) is 7.19. The van der Waals surface area contributed by atoms with Gasteiger partial charge in [0.25, 0.3) is 5.91 Å². The van der Waals surface area contributed by atoms with Gasteiger partial charge in [0.05, 0.1) is 11.8 Å². The summed E-state index contributed by atoms with van der Waals surface area (Å²) in [5, 5.41) is 10.6. The molecule has 1 amide bonds. The van der Waals surface area contributed by atoms with Crippen LogP contribution in [0, 0.1) is 0 Å². The van der Waals surface area contributed by atoms with Crippen molar-refractivity contribution in [2.45, 2.75) is 18.5 Å². The fourth-order valence-corrected chi connectivity index (χ4v) is 3.42. The van der Waals surface area contributed by atoms with Gasteiger partial charge in [0.2, 0.25) is 0 Å². The Hall–Kier alpha value is -3.39. The van der Waals surface area contributed by atoms with Crippen LogP contribution in [0.1, 0.15) is 16.8 Å². The number of para-hydroxylation sites is 1. The topological polar surface area (TPSA) is 107 Å². The molecule has 8 heteroatoms. The third kappa shape index (κ3) is 4.55. The Bertz CT molecular complexity index is 988. The normalized spacial score (nSPS) is 18.5. The number of nitrogens with zero attached hydrogens (tertiary/aromatic N) is 3. The highest BCUT2D eigenvalue weighted by atomic mass is 16.5. The largest absolute Gasteiger partial charge is 0.492 e. The van der Waals surface area contributed by atoms with Crippen molar-refractivity contribution in [2.24, 2.45) is 7.05 Å². The molecule has 29 heavy (non-hydrogen) atoms. The van der Waals surface area contributed by atoms with Crippen LogP contribution in [0.25, 0.3) is 11.1 Å². The molecule has 8 nitrogen and oxygen atoms in total. The molecule has 2 atom stereocenters. The average Bonchev–Trinajstić information content (AvgIpc) is 3.36. The van der Waals surface area contributed by atoms with E-state index >= 15 is 0 Å². The molecule has 1 saturated heterocycles. The Morgan fingerprint density at radius 2 is 2.14 bits per heavy atom. The highest BCUT2D eigenvalue weighted by Gasteiger charge is 2.27. The average molecular weight is 392 g/mol. The molecule has 0 radical (unpaired) electrons. The molecule has 1 fully saturated rings. The van der Waals surface area contributed by atoms with Crippen LogP contribution in [0.4, 0.5) is 5.82 Å². The number of nitrogens with one attached hydrogen (secondary N) is 2. The molecule has 3 aromatic rings. The van der Waals surface area contributed by atoms with Gasteiger partial charge in [-0.15, -0.1) is 0 Å². The number of benzene rings is 1. The second kappa shape index (κ2) is 8.32. The molecule has 0 saturated carbocycles. The number of aromatic nitrogens is 3. The first-order chi connectivity index (χ1) is 14.1. The number of carbonyl (C=O) groups is 1. The van der Waals surface area contributed by atoms with E-state index in [1.165, 1.54) is 0 Å². The summed E-state index contributed by atoms with van der Waals surface area (Å²) in [4.78, 5) is 17.0. The summed E-state index contributed by atoms with van der Waals surface area (Å²) in [5.74, 6) is 0.829. The predicted molar refractivity (Wildman–Crippen MR) is 110 cm³/mol. The number of pyridine rings is 1. The minimum atomic E-state index is -0.225. The number of amides is 1. The van der Waals surface area contributed by atoms with Crippen LogP contribution in [-0.2, 0) is 7.05 Å². The molecule has 4 rings (SSSR count). The van der Waals surface area contributed by atoms with Crippen molar-refractivity contribution in [3.05, 3.63) is 60.6 Å². The van der Waals surface area contributed by atoms with E-state index < -0.39 is 0 Å². The highest BCUT2D eigenvalue weighted by Crippen LogP contribution is 2.22. The first-order valence-corrected chi connectivity index (χ1v) is 9.55. The lowest BCUT2D eigenvalue weighted by Gasteiger charge is -2.14. The summed E-state index contributed by atoms with van der Waals surface area (Å²) in [6.07, 6.45) is 6.03. The van der Waals surface area contributed by atoms with Crippen molar-refractivity contribution >= 4 is 11.7 Å². The fourth-order valence-electron chi connectivity index (χ4n) is 3.42. The van der Waals surface area contributed by atoms with Crippen LogP contribution in [0.5, 0.6) is 5.75 Å². The van der Waals surface area contributed by atoms with E-state index in [0.717, 1.165) is 23.3 Å². The first-order valence-electron chi connectivity index (χ1n) is 9.55. The van der Waals surface area contributed by atoms with E-state index in [0.29, 0.717) is 18.7 Å². The fraction of sp³-hybridized carbons (Fsp3) is 0.286. The van der Waals surface area contributed by atoms with Crippen LogP contribution >= 0.6 is 0 Å². The zero-order valence-corrected chi connectivity index (χ0v) is 16.2. The van der Waals surface area contributed by atoms with Gasteiger partial charge < -0.3 is 21.1 Å². The Labute approximate surface area is 169 Å². The van der Waals surface area contributed by atoms with E-state index in [1.54, 1.807) is 23.1 Å². The molecular weight excluding hydrogens is 368 g/mol. The number of carbonyl (C=O) groups excluding carboxylic acids is 1. The van der Waals surface area contributed by atoms with Gasteiger partial charge in [-0.05, 0) is 24.6 Å². The van der Waals surface area contributed by atoms with Gasteiger partial charge in [-0.25, -0.2) is 4.98 Å². The van der Waals surface area contributed by atoms with Crippen molar-refractivity contribution in [3.8, 4) is 16.9 Å². The monoisotopic (exact) mass is 392 g/mol. The van der Waals surface area contributed by atoms with Gasteiger partial charge in [0.1, 0.15) is 18.2 Å². The Kier molecular flexibility index (Phi) is 5.44. The van der Waals surface area contributed by atoms with Crippen molar-refractivity contribution in [3.63, 3.8) is 0 Å². The molecule has 150 valence electrons. The van der Waals surface area contributed by atoms with Crippen LogP contribution in [-0.4, -0.2) is 45.9 Å². The molecule has 0 spiro atoms. The number of nitrogens with two attached hydrogens (primary N) is 1. The molecule has 1 aromatic carbocycles. The van der Waals surface area contributed by atoms with Crippen molar-refractivity contribution in [1.82, 2.24) is 25.4 Å². The minimum Gasteiger partial charge on any atom is -0.492 e. The highest BCUT2D eigenvalue weighted by molar-refractivity contribution is 5.99. The molecule has 0 bridgehead atoms. The minimum absolute atomic E-state index is 0.00771. The lowest BCUT2D eigenvalue weighted by atomic mass is 10.1. The number of hydrogen-bond donors (Lipinski definition) is 3. The molecule has 0 aliphatic carbocycles. The number of nitrogen functional groups attached to an aromatic ring is 1. The summed E-state index contributed by atoms with van der Waals surface area (Å²) >= 11 is 0. The zero-order chi connectivity index (χ0) is 20.2. The van der Waals surface area contributed by atoms with Gasteiger partial charge >= 0.3 is 0 Å². The lowest BCUT2D eigenvalue weighted by molar-refractivity contribution is 0.0940. The van der Waals surface area contributed by atoms with E-state index in [-0.39, 0.29) is 23.8 Å². The van der Waals surface area contributed by atoms with Crippen LogP contribution < -0.4 is 21.1 Å². The maximum absolute atomic E-state index is 12.8. The van der Waals surface area contributed by atoms with E-state index in [2.05, 4.69) is 20.7 Å².